The normalized spacial score (nSPS) is 11.4. The Morgan fingerprint density at radius 3 is 2.15 bits per heavy atom. The predicted molar refractivity (Wildman–Crippen MR) is 99.7 cm³/mol. The molecule has 0 saturated carbocycles. The van der Waals surface area contributed by atoms with Gasteiger partial charge in [0, 0.05) is 5.56 Å². The Kier molecular flexibility index (Phi) is 6.72. The van der Waals surface area contributed by atoms with Gasteiger partial charge in [-0.05, 0) is 37.6 Å². The number of carbonyl (C=O) groups is 1. The highest BCUT2D eigenvalue weighted by Crippen LogP contribution is 2.38. The lowest BCUT2D eigenvalue weighted by Gasteiger charge is -2.17. The third-order valence-electron chi connectivity index (χ3n) is 3.89. The summed E-state index contributed by atoms with van der Waals surface area (Å²) >= 11 is 0. The van der Waals surface area contributed by atoms with Gasteiger partial charge in [0.25, 0.3) is 5.91 Å². The summed E-state index contributed by atoms with van der Waals surface area (Å²) in [5, 5.41) is 2.91. The molecule has 26 heavy (non-hydrogen) atoms. The molecule has 140 valence electrons. The zero-order valence-electron chi connectivity index (χ0n) is 15.8. The Morgan fingerprint density at radius 2 is 1.62 bits per heavy atom. The molecule has 0 fully saturated rings. The van der Waals surface area contributed by atoms with E-state index in [1.807, 2.05) is 38.1 Å². The van der Waals surface area contributed by atoms with Crippen molar-refractivity contribution in [3.63, 3.8) is 0 Å². The molecule has 0 aliphatic carbocycles. The van der Waals surface area contributed by atoms with Crippen LogP contribution in [0.5, 0.6) is 23.0 Å². The topological polar surface area (TPSA) is 66.0 Å². The predicted octanol–water partition coefficient (Wildman–Crippen LogP) is 3.22. The van der Waals surface area contributed by atoms with Gasteiger partial charge in [-0.3, -0.25) is 4.79 Å². The third-order valence-corrected chi connectivity index (χ3v) is 3.89. The Balaban J connectivity index is 2.05. The first-order valence-corrected chi connectivity index (χ1v) is 8.29. The van der Waals surface area contributed by atoms with E-state index in [1.165, 1.54) is 21.3 Å². The number of amides is 1. The van der Waals surface area contributed by atoms with Gasteiger partial charge in [-0.1, -0.05) is 18.2 Å². The van der Waals surface area contributed by atoms with Gasteiger partial charge in [-0.2, -0.15) is 0 Å². The quantitative estimate of drug-likeness (QED) is 0.784. The average Bonchev–Trinajstić information content (AvgIpc) is 2.65. The second-order valence-corrected chi connectivity index (χ2v) is 5.87. The van der Waals surface area contributed by atoms with Crippen LogP contribution in [-0.2, 0) is 0 Å². The van der Waals surface area contributed by atoms with Crippen molar-refractivity contribution < 1.29 is 23.7 Å². The summed E-state index contributed by atoms with van der Waals surface area (Å²) in [7, 11) is 4.54. The monoisotopic (exact) mass is 359 g/mol. The van der Waals surface area contributed by atoms with Crippen molar-refractivity contribution in [2.45, 2.75) is 19.9 Å². The number of nitrogens with one attached hydrogen (secondary N) is 1. The molecule has 2 aromatic rings. The zero-order chi connectivity index (χ0) is 19.1. The first kappa shape index (κ1) is 19.4. The van der Waals surface area contributed by atoms with Gasteiger partial charge >= 0.3 is 0 Å². The maximum Gasteiger partial charge on any atom is 0.251 e. The van der Waals surface area contributed by atoms with Crippen molar-refractivity contribution in [3.8, 4) is 23.0 Å². The molecule has 1 atom stereocenters. The van der Waals surface area contributed by atoms with Crippen LogP contribution >= 0.6 is 0 Å². The van der Waals surface area contributed by atoms with Crippen LogP contribution in [0.4, 0.5) is 0 Å². The lowest BCUT2D eigenvalue weighted by Crippen LogP contribution is -2.36. The van der Waals surface area contributed by atoms with Gasteiger partial charge in [-0.15, -0.1) is 0 Å². The van der Waals surface area contributed by atoms with E-state index in [1.54, 1.807) is 12.1 Å². The van der Waals surface area contributed by atoms with E-state index in [0.717, 1.165) is 11.3 Å². The Hall–Kier alpha value is -2.89. The number of aryl methyl sites for hydroxylation is 1. The standard InChI is InChI=1S/C20H25NO5/c1-13-8-6-7-9-16(13)26-12-14(2)21-20(22)15-10-17(23-3)19(25-5)18(11-15)24-4/h6-11,14H,12H2,1-5H3,(H,21,22)/t14-/m0/s1. The second-order valence-electron chi connectivity index (χ2n) is 5.87. The highest BCUT2D eigenvalue weighted by molar-refractivity contribution is 5.95. The van der Waals surface area contributed by atoms with Gasteiger partial charge in [0.05, 0.1) is 27.4 Å². The number of hydrogen-bond acceptors (Lipinski definition) is 5. The average molecular weight is 359 g/mol. The first-order chi connectivity index (χ1) is 12.5. The fourth-order valence-electron chi connectivity index (χ4n) is 2.49. The number of benzene rings is 2. The molecule has 0 heterocycles. The largest absolute Gasteiger partial charge is 0.493 e. The molecule has 0 unspecified atom stereocenters. The van der Waals surface area contributed by atoms with Crippen molar-refractivity contribution in [1.82, 2.24) is 5.32 Å². The van der Waals surface area contributed by atoms with Crippen LogP contribution < -0.4 is 24.3 Å². The van der Waals surface area contributed by atoms with Crippen LogP contribution in [0.2, 0.25) is 0 Å². The fourth-order valence-corrected chi connectivity index (χ4v) is 2.49. The van der Waals surface area contributed by atoms with Gasteiger partial charge < -0.3 is 24.3 Å². The van der Waals surface area contributed by atoms with E-state index in [4.69, 9.17) is 18.9 Å². The summed E-state index contributed by atoms with van der Waals surface area (Å²) < 4.78 is 21.6. The molecule has 0 bridgehead atoms. The minimum absolute atomic E-state index is 0.179. The number of rotatable bonds is 8. The van der Waals surface area contributed by atoms with Crippen molar-refractivity contribution in [2.75, 3.05) is 27.9 Å². The molecule has 0 aliphatic heterocycles. The highest BCUT2D eigenvalue weighted by Gasteiger charge is 2.18. The molecular weight excluding hydrogens is 334 g/mol. The molecular formula is C20H25NO5. The van der Waals surface area contributed by atoms with Crippen molar-refractivity contribution >= 4 is 5.91 Å². The summed E-state index contributed by atoms with van der Waals surface area (Å²) in [5.74, 6) is 1.87. The summed E-state index contributed by atoms with van der Waals surface area (Å²) in [4.78, 5) is 12.6. The van der Waals surface area contributed by atoms with Crippen molar-refractivity contribution in [2.24, 2.45) is 0 Å². The van der Waals surface area contributed by atoms with E-state index < -0.39 is 0 Å². The van der Waals surface area contributed by atoms with Crippen LogP contribution in [0, 0.1) is 6.92 Å². The first-order valence-electron chi connectivity index (χ1n) is 8.29. The van der Waals surface area contributed by atoms with E-state index >= 15 is 0 Å². The van der Waals surface area contributed by atoms with Gasteiger partial charge in [0.2, 0.25) is 5.75 Å². The molecule has 0 spiro atoms. The third kappa shape index (κ3) is 4.59. The molecule has 0 aromatic heterocycles. The highest BCUT2D eigenvalue weighted by atomic mass is 16.5. The van der Waals surface area contributed by atoms with Crippen LogP contribution in [0.15, 0.2) is 36.4 Å². The molecule has 6 heteroatoms. The maximum absolute atomic E-state index is 12.6. The van der Waals surface area contributed by atoms with Gasteiger partial charge in [0.15, 0.2) is 11.5 Å². The fraction of sp³-hybridized carbons (Fsp3) is 0.350. The van der Waals surface area contributed by atoms with Gasteiger partial charge in [-0.25, -0.2) is 0 Å². The molecule has 6 nitrogen and oxygen atoms in total. The van der Waals surface area contributed by atoms with E-state index in [9.17, 15) is 4.79 Å². The summed E-state index contributed by atoms with van der Waals surface area (Å²) in [6, 6.07) is 10.8. The minimum atomic E-state index is -0.245. The zero-order valence-corrected chi connectivity index (χ0v) is 15.8. The smallest absolute Gasteiger partial charge is 0.251 e. The van der Waals surface area contributed by atoms with Crippen LogP contribution in [0.3, 0.4) is 0 Å². The molecule has 0 saturated heterocycles. The van der Waals surface area contributed by atoms with Crippen LogP contribution in [-0.4, -0.2) is 39.9 Å². The summed E-state index contributed by atoms with van der Waals surface area (Å²) in [6.07, 6.45) is 0. The van der Waals surface area contributed by atoms with Crippen LogP contribution in [0.1, 0.15) is 22.8 Å². The molecule has 0 radical (unpaired) electrons. The number of para-hydroxylation sites is 1. The number of methoxy groups -OCH3 is 3. The molecule has 2 rings (SSSR count). The SMILES string of the molecule is COc1cc(C(=O)N[C@@H](C)COc2ccccc2C)cc(OC)c1OC. The van der Waals surface area contributed by atoms with Crippen molar-refractivity contribution in [3.05, 3.63) is 47.5 Å². The lowest BCUT2D eigenvalue weighted by molar-refractivity contribution is 0.0925. The Morgan fingerprint density at radius 1 is 1.00 bits per heavy atom. The van der Waals surface area contributed by atoms with E-state index in [0.29, 0.717) is 29.4 Å². The molecule has 1 amide bonds. The Labute approximate surface area is 154 Å². The summed E-state index contributed by atoms with van der Waals surface area (Å²) in [6.45, 7) is 4.23. The van der Waals surface area contributed by atoms with E-state index in [2.05, 4.69) is 5.32 Å². The lowest BCUT2D eigenvalue weighted by atomic mass is 10.1. The molecule has 1 N–H and O–H groups in total. The van der Waals surface area contributed by atoms with E-state index in [-0.39, 0.29) is 11.9 Å². The minimum Gasteiger partial charge on any atom is -0.493 e. The van der Waals surface area contributed by atoms with Crippen LogP contribution in [0.25, 0.3) is 0 Å². The molecule has 0 aliphatic rings. The number of ether oxygens (including phenoxy) is 4. The Bertz CT molecular complexity index is 735. The van der Waals surface area contributed by atoms with Crippen molar-refractivity contribution in [1.29, 1.82) is 0 Å². The maximum atomic E-state index is 12.6. The summed E-state index contributed by atoms with van der Waals surface area (Å²) in [5.41, 5.74) is 1.47. The van der Waals surface area contributed by atoms with Gasteiger partial charge in [0.1, 0.15) is 12.4 Å². The number of hydrogen-bond donors (Lipinski definition) is 1. The number of carbonyl (C=O) groups excluding carboxylic acids is 1. The second kappa shape index (κ2) is 8.99. The molecule has 2 aromatic carbocycles.